The van der Waals surface area contributed by atoms with Gasteiger partial charge in [-0.05, 0) is 32.0 Å². The van der Waals surface area contributed by atoms with Gasteiger partial charge in [0.2, 0.25) is 0 Å². The molecule has 2 heterocycles. The number of fused-ring (bicyclic) bond motifs is 1. The van der Waals surface area contributed by atoms with Crippen LogP contribution in [0, 0.1) is 0 Å². The molecule has 106 valence electrons. The Labute approximate surface area is 124 Å². The van der Waals surface area contributed by atoms with Crippen LogP contribution in [0.2, 0.25) is 5.15 Å². The average molecular weight is 291 g/mol. The maximum Gasteiger partial charge on any atom is 0.134 e. The molecule has 1 aromatic carbocycles. The van der Waals surface area contributed by atoms with Crippen LogP contribution in [-0.2, 0) is 11.3 Å². The van der Waals surface area contributed by atoms with E-state index in [1.807, 2.05) is 18.2 Å². The smallest absolute Gasteiger partial charge is 0.134 e. The number of halogens is 1. The molecular formula is C16H19ClN2O. The van der Waals surface area contributed by atoms with Gasteiger partial charge in [0.25, 0.3) is 0 Å². The van der Waals surface area contributed by atoms with E-state index in [0.717, 1.165) is 49.1 Å². The molecule has 4 heteroatoms. The van der Waals surface area contributed by atoms with E-state index < -0.39 is 0 Å². The minimum atomic E-state index is 0.575. The van der Waals surface area contributed by atoms with E-state index in [0.29, 0.717) is 11.2 Å². The van der Waals surface area contributed by atoms with E-state index in [9.17, 15) is 0 Å². The topological polar surface area (TPSA) is 25.4 Å². The van der Waals surface area contributed by atoms with Crippen molar-refractivity contribution in [1.29, 1.82) is 0 Å². The molecule has 0 unspecified atom stereocenters. The number of benzene rings is 1. The molecule has 0 aliphatic carbocycles. The lowest BCUT2D eigenvalue weighted by molar-refractivity contribution is 0.0407. The first-order valence-electron chi connectivity index (χ1n) is 7.06. The predicted octanol–water partition coefficient (Wildman–Crippen LogP) is 3.50. The van der Waals surface area contributed by atoms with Gasteiger partial charge in [-0.3, -0.25) is 4.90 Å². The lowest BCUT2D eigenvalue weighted by Gasteiger charge is -2.31. The van der Waals surface area contributed by atoms with Crippen LogP contribution in [0.15, 0.2) is 30.3 Å². The molecule has 3 rings (SSSR count). The minimum absolute atomic E-state index is 0.575. The highest BCUT2D eigenvalue weighted by molar-refractivity contribution is 6.30. The average Bonchev–Trinajstić information content (AvgIpc) is 2.49. The Morgan fingerprint density at radius 2 is 2.05 bits per heavy atom. The maximum absolute atomic E-state index is 6.32. The van der Waals surface area contributed by atoms with Crippen molar-refractivity contribution in [3.8, 4) is 0 Å². The molecule has 0 N–H and O–H groups in total. The lowest BCUT2D eigenvalue weighted by atomic mass is 10.1. The molecular weight excluding hydrogens is 272 g/mol. The number of nitrogens with zero attached hydrogens (tertiary/aromatic N) is 2. The fourth-order valence-electron chi connectivity index (χ4n) is 2.77. The van der Waals surface area contributed by atoms with Gasteiger partial charge in [0.05, 0.1) is 5.52 Å². The highest BCUT2D eigenvalue weighted by Crippen LogP contribution is 2.23. The molecule has 0 saturated carbocycles. The van der Waals surface area contributed by atoms with E-state index in [1.165, 1.54) is 0 Å². The van der Waals surface area contributed by atoms with Crippen molar-refractivity contribution in [2.75, 3.05) is 20.3 Å². The van der Waals surface area contributed by atoms with Gasteiger partial charge in [0.15, 0.2) is 0 Å². The fraction of sp³-hybridized carbons (Fsp3) is 0.438. The van der Waals surface area contributed by atoms with Gasteiger partial charge in [0, 0.05) is 36.8 Å². The van der Waals surface area contributed by atoms with E-state index in [2.05, 4.69) is 29.1 Å². The third-order valence-corrected chi connectivity index (χ3v) is 4.31. The van der Waals surface area contributed by atoms with Crippen LogP contribution >= 0.6 is 11.6 Å². The molecule has 1 aromatic heterocycles. The van der Waals surface area contributed by atoms with Gasteiger partial charge in [-0.15, -0.1) is 0 Å². The molecule has 1 aliphatic heterocycles. The summed E-state index contributed by atoms with van der Waals surface area (Å²) in [4.78, 5) is 6.85. The summed E-state index contributed by atoms with van der Waals surface area (Å²) in [5, 5.41) is 1.76. The number of para-hydroxylation sites is 1. The normalized spacial score (nSPS) is 16.9. The zero-order chi connectivity index (χ0) is 13.9. The molecule has 0 bridgehead atoms. The molecule has 1 fully saturated rings. The van der Waals surface area contributed by atoms with Crippen molar-refractivity contribution in [3.63, 3.8) is 0 Å². The molecule has 20 heavy (non-hydrogen) atoms. The number of ether oxygens (including phenoxy) is 1. The van der Waals surface area contributed by atoms with Crippen molar-refractivity contribution >= 4 is 22.5 Å². The standard InChI is InChI=1S/C16H19ClN2O/c1-19(14-6-8-20-9-7-14)11-13-10-12-4-2-3-5-15(12)18-16(13)17/h2-5,10,14H,6-9,11H2,1H3. The highest BCUT2D eigenvalue weighted by atomic mass is 35.5. The Morgan fingerprint density at radius 3 is 2.85 bits per heavy atom. The van der Waals surface area contributed by atoms with Gasteiger partial charge in [-0.25, -0.2) is 4.98 Å². The summed E-state index contributed by atoms with van der Waals surface area (Å²) in [6.45, 7) is 2.55. The Kier molecular flexibility index (Phi) is 4.20. The van der Waals surface area contributed by atoms with Gasteiger partial charge < -0.3 is 4.74 Å². The quantitative estimate of drug-likeness (QED) is 0.809. The van der Waals surface area contributed by atoms with Crippen LogP contribution in [0.5, 0.6) is 0 Å². The van der Waals surface area contributed by atoms with Gasteiger partial charge in [0.1, 0.15) is 5.15 Å². The van der Waals surface area contributed by atoms with Crippen LogP contribution in [-0.4, -0.2) is 36.2 Å². The molecule has 0 atom stereocenters. The molecule has 2 aromatic rings. The van der Waals surface area contributed by atoms with E-state index in [-0.39, 0.29) is 0 Å². The first-order chi connectivity index (χ1) is 9.74. The zero-order valence-electron chi connectivity index (χ0n) is 11.7. The Bertz CT molecular complexity index is 596. The maximum atomic E-state index is 6.32. The monoisotopic (exact) mass is 290 g/mol. The third-order valence-electron chi connectivity index (χ3n) is 3.98. The Morgan fingerprint density at radius 1 is 1.30 bits per heavy atom. The Balaban J connectivity index is 1.80. The fourth-order valence-corrected chi connectivity index (χ4v) is 2.98. The molecule has 0 amide bonds. The molecule has 1 aliphatic rings. The highest BCUT2D eigenvalue weighted by Gasteiger charge is 2.19. The predicted molar refractivity (Wildman–Crippen MR) is 82.1 cm³/mol. The van der Waals surface area contributed by atoms with Crippen LogP contribution in [0.1, 0.15) is 18.4 Å². The van der Waals surface area contributed by atoms with Crippen molar-refractivity contribution in [1.82, 2.24) is 9.88 Å². The van der Waals surface area contributed by atoms with E-state index in [4.69, 9.17) is 16.3 Å². The minimum Gasteiger partial charge on any atom is -0.381 e. The summed E-state index contributed by atoms with van der Waals surface area (Å²) < 4.78 is 5.42. The second-order valence-electron chi connectivity index (χ2n) is 5.39. The second kappa shape index (κ2) is 6.08. The zero-order valence-corrected chi connectivity index (χ0v) is 12.4. The van der Waals surface area contributed by atoms with Crippen LogP contribution in [0.25, 0.3) is 10.9 Å². The van der Waals surface area contributed by atoms with Crippen LogP contribution in [0.3, 0.4) is 0 Å². The molecule has 0 spiro atoms. The third kappa shape index (κ3) is 2.95. The SMILES string of the molecule is CN(Cc1cc2ccccc2nc1Cl)C1CCOCC1. The first kappa shape index (κ1) is 13.8. The number of hydrogen-bond acceptors (Lipinski definition) is 3. The van der Waals surface area contributed by atoms with Crippen LogP contribution in [0.4, 0.5) is 0 Å². The summed E-state index contributed by atoms with van der Waals surface area (Å²) in [5.74, 6) is 0. The van der Waals surface area contributed by atoms with Gasteiger partial charge in [-0.1, -0.05) is 29.8 Å². The van der Waals surface area contributed by atoms with E-state index in [1.54, 1.807) is 0 Å². The van der Waals surface area contributed by atoms with Gasteiger partial charge >= 0.3 is 0 Å². The summed E-state index contributed by atoms with van der Waals surface area (Å²) in [5.41, 5.74) is 2.05. The summed E-state index contributed by atoms with van der Waals surface area (Å²) in [6.07, 6.45) is 2.18. The number of rotatable bonds is 3. The Hall–Kier alpha value is -1.16. The summed E-state index contributed by atoms with van der Waals surface area (Å²) >= 11 is 6.32. The van der Waals surface area contributed by atoms with Gasteiger partial charge in [-0.2, -0.15) is 0 Å². The largest absolute Gasteiger partial charge is 0.381 e. The molecule has 0 radical (unpaired) electrons. The van der Waals surface area contributed by atoms with Crippen molar-refractivity contribution < 1.29 is 4.74 Å². The number of aromatic nitrogens is 1. The molecule has 1 saturated heterocycles. The first-order valence-corrected chi connectivity index (χ1v) is 7.44. The van der Waals surface area contributed by atoms with Crippen molar-refractivity contribution in [3.05, 3.63) is 41.0 Å². The van der Waals surface area contributed by atoms with Crippen molar-refractivity contribution in [2.45, 2.75) is 25.4 Å². The summed E-state index contributed by atoms with van der Waals surface area (Å²) in [7, 11) is 2.15. The molecule has 3 nitrogen and oxygen atoms in total. The second-order valence-corrected chi connectivity index (χ2v) is 5.75. The lowest BCUT2D eigenvalue weighted by Crippen LogP contribution is -2.36. The van der Waals surface area contributed by atoms with E-state index >= 15 is 0 Å². The number of pyridine rings is 1. The summed E-state index contributed by atoms with van der Waals surface area (Å²) in [6, 6.07) is 10.8. The number of hydrogen-bond donors (Lipinski definition) is 0. The van der Waals surface area contributed by atoms with Crippen molar-refractivity contribution in [2.24, 2.45) is 0 Å². The van der Waals surface area contributed by atoms with Crippen LogP contribution < -0.4 is 0 Å².